The summed E-state index contributed by atoms with van der Waals surface area (Å²) in [5.41, 5.74) is -1.19. The van der Waals surface area contributed by atoms with Crippen molar-refractivity contribution in [3.63, 3.8) is 0 Å². The van der Waals surface area contributed by atoms with E-state index in [-0.39, 0.29) is 37.2 Å². The molecule has 8 nitrogen and oxygen atoms in total. The zero-order valence-electron chi connectivity index (χ0n) is 17.6. The second-order valence-electron chi connectivity index (χ2n) is 8.82. The molecule has 0 bridgehead atoms. The van der Waals surface area contributed by atoms with Crippen molar-refractivity contribution in [2.24, 2.45) is 11.8 Å². The SMILES string of the molecule is COC1C2CCOC2[NH2+]C2C1CCC(OC[C@@H](OC(C)=O)C(C)(C)O)C2OC. The number of ether oxygens (including phenoxy) is 5. The molecule has 0 amide bonds. The van der Waals surface area contributed by atoms with Crippen LogP contribution < -0.4 is 5.32 Å². The minimum absolute atomic E-state index is 0.104. The van der Waals surface area contributed by atoms with E-state index in [1.807, 2.05) is 0 Å². The molecule has 1 aliphatic carbocycles. The first-order chi connectivity index (χ1) is 13.3. The number of piperidine rings is 1. The summed E-state index contributed by atoms with van der Waals surface area (Å²) in [7, 11) is 3.50. The van der Waals surface area contributed by atoms with Crippen LogP contribution in [-0.2, 0) is 28.5 Å². The third kappa shape index (κ3) is 4.52. The Hall–Kier alpha value is -0.770. The number of aliphatic hydroxyl groups is 1. The highest BCUT2D eigenvalue weighted by atomic mass is 16.6. The first-order valence-corrected chi connectivity index (χ1v) is 10.3. The van der Waals surface area contributed by atoms with E-state index in [1.165, 1.54) is 6.92 Å². The van der Waals surface area contributed by atoms with Crippen LogP contribution in [0.2, 0.25) is 0 Å². The Labute approximate surface area is 167 Å². The third-order valence-corrected chi connectivity index (χ3v) is 6.57. The number of hydrogen-bond donors (Lipinski definition) is 2. The number of carbonyl (C=O) groups is 1. The Kier molecular flexibility index (Phi) is 7.00. The van der Waals surface area contributed by atoms with Gasteiger partial charge in [-0.25, -0.2) is 0 Å². The van der Waals surface area contributed by atoms with Crippen LogP contribution in [-0.4, -0.2) is 80.8 Å². The van der Waals surface area contributed by atoms with Gasteiger partial charge < -0.3 is 34.1 Å². The van der Waals surface area contributed by atoms with Crippen LogP contribution in [0.5, 0.6) is 0 Å². The number of rotatable bonds is 7. The van der Waals surface area contributed by atoms with Crippen LogP contribution in [0.4, 0.5) is 0 Å². The molecular weight excluding hydrogens is 366 g/mol. The Morgan fingerprint density at radius 2 is 1.89 bits per heavy atom. The fraction of sp³-hybridized carbons (Fsp3) is 0.950. The number of nitrogens with two attached hydrogens (primary N) is 1. The van der Waals surface area contributed by atoms with Gasteiger partial charge in [-0.05, 0) is 33.1 Å². The van der Waals surface area contributed by atoms with E-state index in [0.29, 0.717) is 11.8 Å². The minimum atomic E-state index is -1.19. The van der Waals surface area contributed by atoms with E-state index in [0.717, 1.165) is 25.9 Å². The minimum Gasteiger partial charge on any atom is -0.457 e. The second-order valence-corrected chi connectivity index (χ2v) is 8.82. The topological polar surface area (TPSA) is 100 Å². The number of esters is 1. The summed E-state index contributed by atoms with van der Waals surface area (Å²) >= 11 is 0. The summed E-state index contributed by atoms with van der Waals surface area (Å²) in [6.07, 6.45) is 2.14. The molecule has 7 unspecified atom stereocenters. The molecule has 28 heavy (non-hydrogen) atoms. The molecule has 0 aromatic rings. The molecule has 3 N–H and O–H groups in total. The van der Waals surface area contributed by atoms with Crippen LogP contribution in [0.1, 0.15) is 40.0 Å². The highest BCUT2D eigenvalue weighted by molar-refractivity contribution is 5.66. The predicted octanol–water partition coefficient (Wildman–Crippen LogP) is -0.178. The Balaban J connectivity index is 1.68. The van der Waals surface area contributed by atoms with E-state index < -0.39 is 17.7 Å². The van der Waals surface area contributed by atoms with Gasteiger partial charge in [0.05, 0.1) is 36.9 Å². The normalized spacial score (nSPS) is 39.1. The summed E-state index contributed by atoms with van der Waals surface area (Å²) < 4.78 is 29.1. The van der Waals surface area contributed by atoms with Crippen LogP contribution in [0.3, 0.4) is 0 Å². The molecule has 8 heteroatoms. The van der Waals surface area contributed by atoms with Gasteiger partial charge in [0.25, 0.3) is 0 Å². The summed E-state index contributed by atoms with van der Waals surface area (Å²) in [5, 5.41) is 12.6. The van der Waals surface area contributed by atoms with E-state index in [1.54, 1.807) is 28.1 Å². The Morgan fingerprint density at radius 1 is 1.18 bits per heavy atom. The average molecular weight is 403 g/mol. The highest BCUT2D eigenvalue weighted by Gasteiger charge is 2.56. The fourth-order valence-corrected chi connectivity index (χ4v) is 5.18. The fourth-order valence-electron chi connectivity index (χ4n) is 5.18. The van der Waals surface area contributed by atoms with Crippen LogP contribution in [0.15, 0.2) is 0 Å². The van der Waals surface area contributed by atoms with Gasteiger partial charge in [0, 0.05) is 27.1 Å². The zero-order valence-corrected chi connectivity index (χ0v) is 17.6. The Bertz CT molecular complexity index is 537. The van der Waals surface area contributed by atoms with Gasteiger partial charge >= 0.3 is 5.97 Å². The van der Waals surface area contributed by atoms with E-state index in [2.05, 4.69) is 5.32 Å². The number of methoxy groups -OCH3 is 2. The van der Waals surface area contributed by atoms with Crippen molar-refractivity contribution < 1.29 is 38.9 Å². The molecule has 3 aliphatic rings. The monoisotopic (exact) mass is 402 g/mol. The molecule has 2 heterocycles. The quantitative estimate of drug-likeness (QED) is 0.570. The molecule has 3 rings (SSSR count). The number of quaternary nitrogens is 1. The van der Waals surface area contributed by atoms with Gasteiger partial charge in [-0.3, -0.25) is 4.79 Å². The standard InChI is InChI=1S/C20H35NO7/c1-11(22)28-15(20(2,3)23)10-27-14-7-6-12-16(18(14)25-5)21-19-13(8-9-26-19)17(12)24-4/h12-19,21,23H,6-10H2,1-5H3/p+1/t12?,13?,14?,15-,16?,17?,18?,19?/m1/s1. The van der Waals surface area contributed by atoms with Crippen molar-refractivity contribution in [2.45, 2.75) is 82.3 Å². The van der Waals surface area contributed by atoms with Crippen LogP contribution in [0, 0.1) is 11.8 Å². The lowest BCUT2D eigenvalue weighted by Crippen LogP contribution is -3.03. The second kappa shape index (κ2) is 8.93. The van der Waals surface area contributed by atoms with Crippen molar-refractivity contribution >= 4 is 5.97 Å². The Morgan fingerprint density at radius 3 is 2.50 bits per heavy atom. The van der Waals surface area contributed by atoms with Gasteiger partial charge in [-0.2, -0.15) is 0 Å². The first-order valence-electron chi connectivity index (χ1n) is 10.3. The lowest BCUT2D eigenvalue weighted by Gasteiger charge is -2.48. The lowest BCUT2D eigenvalue weighted by molar-refractivity contribution is -0.783. The largest absolute Gasteiger partial charge is 0.457 e. The highest BCUT2D eigenvalue weighted by Crippen LogP contribution is 2.39. The molecule has 0 aromatic heterocycles. The maximum absolute atomic E-state index is 11.4. The van der Waals surface area contributed by atoms with E-state index in [4.69, 9.17) is 23.7 Å². The number of carbonyl (C=O) groups excluding carboxylic acids is 1. The lowest BCUT2D eigenvalue weighted by atomic mass is 9.70. The molecule has 0 spiro atoms. The maximum Gasteiger partial charge on any atom is 0.303 e. The van der Waals surface area contributed by atoms with E-state index >= 15 is 0 Å². The van der Waals surface area contributed by atoms with Gasteiger partial charge in [0.2, 0.25) is 0 Å². The molecule has 8 atom stereocenters. The van der Waals surface area contributed by atoms with Gasteiger partial charge in [-0.1, -0.05) is 0 Å². The van der Waals surface area contributed by atoms with Crippen molar-refractivity contribution in [1.82, 2.24) is 0 Å². The first kappa shape index (κ1) is 21.9. The molecule has 0 aromatic carbocycles. The average Bonchev–Trinajstić information content (AvgIpc) is 3.09. The summed E-state index contributed by atoms with van der Waals surface area (Å²) in [5.74, 6) is 0.372. The molecular formula is C20H36NO7+. The van der Waals surface area contributed by atoms with Crippen LogP contribution in [0.25, 0.3) is 0 Å². The number of hydrogen-bond acceptors (Lipinski definition) is 7. The van der Waals surface area contributed by atoms with Gasteiger partial charge in [0.1, 0.15) is 12.1 Å². The maximum atomic E-state index is 11.4. The van der Waals surface area contributed by atoms with E-state index in [9.17, 15) is 9.90 Å². The molecule has 162 valence electrons. The van der Waals surface area contributed by atoms with Crippen LogP contribution >= 0.6 is 0 Å². The molecule has 0 radical (unpaired) electrons. The zero-order chi connectivity index (χ0) is 20.5. The summed E-state index contributed by atoms with van der Waals surface area (Å²) in [6.45, 7) is 5.47. The summed E-state index contributed by atoms with van der Waals surface area (Å²) in [6, 6.07) is 0.183. The predicted molar refractivity (Wildman–Crippen MR) is 99.5 cm³/mol. The van der Waals surface area contributed by atoms with Crippen molar-refractivity contribution in [1.29, 1.82) is 0 Å². The smallest absolute Gasteiger partial charge is 0.303 e. The summed E-state index contributed by atoms with van der Waals surface area (Å²) in [4.78, 5) is 11.4. The molecule has 1 saturated carbocycles. The van der Waals surface area contributed by atoms with Crippen molar-refractivity contribution in [3.05, 3.63) is 0 Å². The van der Waals surface area contributed by atoms with Gasteiger partial charge in [-0.15, -0.1) is 0 Å². The molecule has 3 fully saturated rings. The molecule has 2 saturated heterocycles. The number of fused-ring (bicyclic) bond motifs is 2. The third-order valence-electron chi connectivity index (χ3n) is 6.57. The molecule has 2 aliphatic heterocycles. The van der Waals surface area contributed by atoms with Crippen molar-refractivity contribution in [2.75, 3.05) is 27.4 Å². The van der Waals surface area contributed by atoms with Crippen molar-refractivity contribution in [3.8, 4) is 0 Å². The van der Waals surface area contributed by atoms with Gasteiger partial charge in [0.15, 0.2) is 12.3 Å².